The third kappa shape index (κ3) is 2.75. The van der Waals surface area contributed by atoms with E-state index in [-0.39, 0.29) is 11.1 Å². The summed E-state index contributed by atoms with van der Waals surface area (Å²) >= 11 is 5.96. The van der Waals surface area contributed by atoms with Gasteiger partial charge in [0, 0.05) is 19.7 Å². The van der Waals surface area contributed by atoms with E-state index in [1.54, 1.807) is 13.2 Å². The number of aromatic amines is 1. The molecule has 0 aromatic carbocycles. The van der Waals surface area contributed by atoms with Crippen molar-refractivity contribution in [3.8, 4) is 0 Å². The summed E-state index contributed by atoms with van der Waals surface area (Å²) in [4.78, 5) is 15.3. The molecule has 0 bridgehead atoms. The number of hydrogen-bond acceptors (Lipinski definition) is 5. The number of nitrogens with one attached hydrogen (secondary N) is 2. The van der Waals surface area contributed by atoms with Gasteiger partial charge in [-0.15, -0.1) is 11.6 Å². The molecule has 17 heavy (non-hydrogen) atoms. The summed E-state index contributed by atoms with van der Waals surface area (Å²) in [5.74, 6) is 0.609. The molecule has 0 aliphatic heterocycles. The molecule has 7 nitrogen and oxygen atoms in total. The molecule has 0 saturated heterocycles. The lowest BCUT2D eigenvalue weighted by Crippen LogP contribution is -2.19. The van der Waals surface area contributed by atoms with Crippen molar-refractivity contribution in [1.29, 1.82) is 0 Å². The number of fused-ring (bicyclic) bond motifs is 1. The van der Waals surface area contributed by atoms with Crippen LogP contribution in [0.2, 0.25) is 0 Å². The molecule has 1 unspecified atom stereocenters. The summed E-state index contributed by atoms with van der Waals surface area (Å²) < 4.78 is 6.23. The molecule has 2 heterocycles. The maximum absolute atomic E-state index is 11.2. The molecule has 0 radical (unpaired) electrons. The van der Waals surface area contributed by atoms with E-state index in [1.165, 1.54) is 10.7 Å². The summed E-state index contributed by atoms with van der Waals surface area (Å²) in [6, 6.07) is 1.66. The standard InChI is InChI=1S/C9H12ClN5O2/c1-17-4-6(10)3-11-7-2-8-13-14-9(16)15(8)5-12-7/h2,5-6,11H,3-4H2,1H3,(H,14,16). The molecule has 0 aliphatic carbocycles. The summed E-state index contributed by atoms with van der Waals surface area (Å²) in [5.41, 5.74) is 0.194. The Balaban J connectivity index is 2.07. The first-order valence-electron chi connectivity index (χ1n) is 5.00. The molecule has 0 saturated carbocycles. The van der Waals surface area contributed by atoms with Crippen LogP contribution >= 0.6 is 11.6 Å². The van der Waals surface area contributed by atoms with E-state index in [4.69, 9.17) is 16.3 Å². The highest BCUT2D eigenvalue weighted by molar-refractivity contribution is 6.21. The van der Waals surface area contributed by atoms with Crippen LogP contribution in [0.4, 0.5) is 5.82 Å². The van der Waals surface area contributed by atoms with Gasteiger partial charge < -0.3 is 10.1 Å². The van der Waals surface area contributed by atoms with Crippen molar-refractivity contribution in [2.75, 3.05) is 25.6 Å². The Morgan fingerprint density at radius 2 is 2.53 bits per heavy atom. The summed E-state index contributed by atoms with van der Waals surface area (Å²) in [6.45, 7) is 0.978. The number of ether oxygens (including phenoxy) is 1. The minimum Gasteiger partial charge on any atom is -0.383 e. The van der Waals surface area contributed by atoms with Crippen molar-refractivity contribution in [2.45, 2.75) is 5.38 Å². The molecule has 0 fully saturated rings. The lowest BCUT2D eigenvalue weighted by atomic mass is 10.4. The van der Waals surface area contributed by atoms with Crippen LogP contribution in [0, 0.1) is 0 Å². The molecule has 0 amide bonds. The highest BCUT2D eigenvalue weighted by Gasteiger charge is 2.05. The number of rotatable bonds is 5. The van der Waals surface area contributed by atoms with Gasteiger partial charge in [-0.25, -0.2) is 19.3 Å². The van der Waals surface area contributed by atoms with Crippen LogP contribution in [-0.2, 0) is 4.74 Å². The molecule has 1 atom stereocenters. The molecule has 0 aliphatic rings. The quantitative estimate of drug-likeness (QED) is 0.742. The Hall–Kier alpha value is -1.60. The van der Waals surface area contributed by atoms with Gasteiger partial charge >= 0.3 is 5.69 Å². The number of H-pyrrole nitrogens is 1. The summed E-state index contributed by atoms with van der Waals surface area (Å²) in [5, 5.41) is 9.06. The molecule has 2 aromatic heterocycles. The summed E-state index contributed by atoms with van der Waals surface area (Å²) in [7, 11) is 1.59. The minimum absolute atomic E-state index is 0.139. The van der Waals surface area contributed by atoms with E-state index in [9.17, 15) is 4.79 Å². The van der Waals surface area contributed by atoms with Crippen LogP contribution in [0.25, 0.3) is 5.65 Å². The predicted molar refractivity (Wildman–Crippen MR) is 63.6 cm³/mol. The van der Waals surface area contributed by atoms with Gasteiger partial charge in [0.15, 0.2) is 5.65 Å². The molecular formula is C9H12ClN5O2. The third-order valence-corrected chi connectivity index (χ3v) is 2.44. The van der Waals surface area contributed by atoms with Crippen molar-refractivity contribution >= 4 is 23.1 Å². The fourth-order valence-corrected chi connectivity index (χ4v) is 1.56. The van der Waals surface area contributed by atoms with E-state index in [1.807, 2.05) is 0 Å². The van der Waals surface area contributed by atoms with Crippen molar-refractivity contribution in [3.63, 3.8) is 0 Å². The number of alkyl halides is 1. The second kappa shape index (κ2) is 5.15. The van der Waals surface area contributed by atoms with Gasteiger partial charge in [0.25, 0.3) is 0 Å². The van der Waals surface area contributed by atoms with Crippen LogP contribution in [0.3, 0.4) is 0 Å². The number of hydrogen-bond donors (Lipinski definition) is 2. The molecule has 8 heteroatoms. The fourth-order valence-electron chi connectivity index (χ4n) is 1.36. The van der Waals surface area contributed by atoms with Crippen molar-refractivity contribution < 1.29 is 4.74 Å². The first-order valence-corrected chi connectivity index (χ1v) is 5.44. The van der Waals surface area contributed by atoms with Crippen LogP contribution in [0.1, 0.15) is 0 Å². The molecule has 92 valence electrons. The monoisotopic (exact) mass is 257 g/mol. The van der Waals surface area contributed by atoms with Crippen LogP contribution in [0.5, 0.6) is 0 Å². The van der Waals surface area contributed by atoms with Crippen molar-refractivity contribution in [2.24, 2.45) is 0 Å². The lowest BCUT2D eigenvalue weighted by molar-refractivity contribution is 0.200. The smallest absolute Gasteiger partial charge is 0.348 e. The zero-order valence-electron chi connectivity index (χ0n) is 9.18. The van der Waals surface area contributed by atoms with E-state index < -0.39 is 0 Å². The minimum atomic E-state index is -0.311. The maximum Gasteiger partial charge on any atom is 0.348 e. The first kappa shape index (κ1) is 11.9. The molecule has 2 N–H and O–H groups in total. The highest BCUT2D eigenvalue weighted by Crippen LogP contribution is 2.05. The second-order valence-corrected chi connectivity index (χ2v) is 4.08. The van der Waals surface area contributed by atoms with E-state index in [2.05, 4.69) is 20.5 Å². The van der Waals surface area contributed by atoms with Gasteiger partial charge in [-0.05, 0) is 0 Å². The fraction of sp³-hybridized carbons (Fsp3) is 0.444. The van der Waals surface area contributed by atoms with Gasteiger partial charge in [0.2, 0.25) is 0 Å². The highest BCUT2D eigenvalue weighted by atomic mass is 35.5. The zero-order chi connectivity index (χ0) is 12.3. The van der Waals surface area contributed by atoms with Gasteiger partial charge in [0.1, 0.15) is 12.1 Å². The van der Waals surface area contributed by atoms with Crippen LogP contribution in [-0.4, -0.2) is 45.2 Å². The summed E-state index contributed by atoms with van der Waals surface area (Å²) in [6.07, 6.45) is 1.41. The average molecular weight is 258 g/mol. The second-order valence-electron chi connectivity index (χ2n) is 3.46. The van der Waals surface area contributed by atoms with E-state index in [0.29, 0.717) is 24.6 Å². The Labute approximate surface area is 102 Å². The number of anilines is 1. The lowest BCUT2D eigenvalue weighted by Gasteiger charge is -2.09. The topological polar surface area (TPSA) is 84.3 Å². The number of methoxy groups -OCH3 is 1. The normalized spacial score (nSPS) is 12.8. The molecular weight excluding hydrogens is 246 g/mol. The molecule has 2 aromatic rings. The first-order chi connectivity index (χ1) is 8.20. The maximum atomic E-state index is 11.2. The third-order valence-electron chi connectivity index (χ3n) is 2.16. The Kier molecular flexibility index (Phi) is 3.60. The Morgan fingerprint density at radius 1 is 1.71 bits per heavy atom. The van der Waals surface area contributed by atoms with Gasteiger partial charge in [-0.2, -0.15) is 5.10 Å². The van der Waals surface area contributed by atoms with Gasteiger partial charge in [-0.3, -0.25) is 0 Å². The predicted octanol–water partition coefficient (Wildman–Crippen LogP) is 0.0833. The Bertz CT molecular complexity index is 552. The Morgan fingerprint density at radius 3 is 3.29 bits per heavy atom. The number of halogens is 1. The zero-order valence-corrected chi connectivity index (χ0v) is 9.94. The largest absolute Gasteiger partial charge is 0.383 e. The molecule has 0 spiro atoms. The van der Waals surface area contributed by atoms with Crippen molar-refractivity contribution in [3.05, 3.63) is 22.9 Å². The van der Waals surface area contributed by atoms with E-state index >= 15 is 0 Å². The van der Waals surface area contributed by atoms with Crippen molar-refractivity contribution in [1.82, 2.24) is 19.6 Å². The van der Waals surface area contributed by atoms with Crippen LogP contribution < -0.4 is 11.0 Å². The number of aromatic nitrogens is 4. The average Bonchev–Trinajstić information content (AvgIpc) is 2.69. The number of nitrogens with zero attached hydrogens (tertiary/aromatic N) is 3. The van der Waals surface area contributed by atoms with Gasteiger partial charge in [-0.1, -0.05) is 0 Å². The SMILES string of the molecule is COCC(Cl)CNc1cc2n[nH]c(=O)n2cn1. The van der Waals surface area contributed by atoms with E-state index in [0.717, 1.165) is 0 Å². The van der Waals surface area contributed by atoms with Crippen LogP contribution in [0.15, 0.2) is 17.2 Å². The van der Waals surface area contributed by atoms with Gasteiger partial charge in [0.05, 0.1) is 12.0 Å². The molecule has 2 rings (SSSR count).